The van der Waals surface area contributed by atoms with E-state index in [0.717, 1.165) is 0 Å². The number of hydrogen-bond donors (Lipinski definition) is 3. The summed E-state index contributed by atoms with van der Waals surface area (Å²) in [5, 5.41) is 2.68. The number of hydrogen-bond acceptors (Lipinski definition) is 6. The Morgan fingerprint density at radius 2 is 1.60 bits per heavy atom. The lowest BCUT2D eigenvalue weighted by Gasteiger charge is -2.31. The first-order chi connectivity index (χ1) is 11.8. The smallest absolute Gasteiger partial charge is 0.409 e. The summed E-state index contributed by atoms with van der Waals surface area (Å²) in [7, 11) is 0. The van der Waals surface area contributed by atoms with Gasteiger partial charge in [0.25, 0.3) is 5.91 Å². The summed E-state index contributed by atoms with van der Waals surface area (Å²) >= 11 is 0. The summed E-state index contributed by atoms with van der Waals surface area (Å²) in [5.41, 5.74) is 1.84. The third kappa shape index (κ3) is 2.70. The van der Waals surface area contributed by atoms with Crippen LogP contribution in [0.5, 0.6) is 0 Å². The van der Waals surface area contributed by atoms with E-state index in [4.69, 9.17) is 10.6 Å². The van der Waals surface area contributed by atoms with Crippen molar-refractivity contribution in [2.24, 2.45) is 5.84 Å². The van der Waals surface area contributed by atoms with Gasteiger partial charge in [0.1, 0.15) is 5.60 Å². The Balaban J connectivity index is 2.19. The maximum Gasteiger partial charge on any atom is 0.409 e. The Labute approximate surface area is 144 Å². The summed E-state index contributed by atoms with van der Waals surface area (Å²) in [6.45, 7) is 5.21. The van der Waals surface area contributed by atoms with Gasteiger partial charge < -0.3 is 4.74 Å². The summed E-state index contributed by atoms with van der Waals surface area (Å²) in [5.74, 6) is 4.81. The summed E-state index contributed by atoms with van der Waals surface area (Å²) < 4.78 is 5.34. The van der Waals surface area contributed by atoms with Gasteiger partial charge in [-0.05, 0) is 32.9 Å². The zero-order valence-corrected chi connectivity index (χ0v) is 14.2. The SMILES string of the molecule is CC(C)(C)OC(=O)NC1(C(=O)NN)c2cccnc2-c2ncccc21. The minimum Gasteiger partial charge on any atom is -0.444 e. The molecular formula is C17H19N5O3. The number of aromatic nitrogens is 2. The molecule has 3 rings (SSSR count). The van der Waals surface area contributed by atoms with Crippen molar-refractivity contribution >= 4 is 12.0 Å². The van der Waals surface area contributed by atoms with Gasteiger partial charge in [-0.15, -0.1) is 0 Å². The van der Waals surface area contributed by atoms with Crippen molar-refractivity contribution in [1.29, 1.82) is 0 Å². The van der Waals surface area contributed by atoms with Gasteiger partial charge in [0.15, 0.2) is 5.54 Å². The van der Waals surface area contributed by atoms with Crippen LogP contribution in [0.4, 0.5) is 4.79 Å². The normalized spacial score (nSPS) is 14.2. The summed E-state index contributed by atoms with van der Waals surface area (Å²) in [6, 6.07) is 6.77. The molecule has 0 saturated carbocycles. The molecule has 8 heteroatoms. The summed E-state index contributed by atoms with van der Waals surface area (Å²) in [6.07, 6.45) is 2.45. The first-order valence-corrected chi connectivity index (χ1v) is 7.73. The lowest BCUT2D eigenvalue weighted by Crippen LogP contribution is -2.58. The fourth-order valence-corrected chi connectivity index (χ4v) is 2.94. The minimum absolute atomic E-state index is 0.484. The van der Waals surface area contributed by atoms with Crippen LogP contribution in [0.15, 0.2) is 36.7 Å². The second-order valence-electron chi connectivity index (χ2n) is 6.65. The van der Waals surface area contributed by atoms with Crippen LogP contribution >= 0.6 is 0 Å². The van der Waals surface area contributed by atoms with Crippen molar-refractivity contribution in [3.8, 4) is 11.4 Å². The Morgan fingerprint density at radius 3 is 2.04 bits per heavy atom. The van der Waals surface area contributed by atoms with Crippen molar-refractivity contribution in [2.75, 3.05) is 0 Å². The number of nitrogens with two attached hydrogens (primary N) is 1. The molecule has 0 bridgehead atoms. The van der Waals surface area contributed by atoms with Gasteiger partial charge in [0.05, 0.1) is 11.4 Å². The zero-order chi connectivity index (χ0) is 18.2. The van der Waals surface area contributed by atoms with Crippen LogP contribution in [-0.2, 0) is 15.1 Å². The lowest BCUT2D eigenvalue weighted by atomic mass is 9.87. The van der Waals surface area contributed by atoms with E-state index in [9.17, 15) is 9.59 Å². The molecule has 0 aromatic carbocycles. The molecule has 0 aliphatic heterocycles. The topological polar surface area (TPSA) is 119 Å². The second kappa shape index (κ2) is 5.82. The number of alkyl carbamates (subject to hydrolysis) is 1. The van der Waals surface area contributed by atoms with Gasteiger partial charge >= 0.3 is 6.09 Å². The number of ether oxygens (including phenoxy) is 1. The lowest BCUT2D eigenvalue weighted by molar-refractivity contribution is -0.126. The van der Waals surface area contributed by atoms with Gasteiger partial charge in [-0.3, -0.25) is 25.5 Å². The highest BCUT2D eigenvalue weighted by Crippen LogP contribution is 2.45. The molecule has 130 valence electrons. The maximum absolute atomic E-state index is 12.8. The van der Waals surface area contributed by atoms with Gasteiger partial charge in [0.2, 0.25) is 0 Å². The minimum atomic E-state index is -1.57. The standard InChI is InChI=1S/C17H19N5O3/c1-16(2,3)25-15(24)21-17(14(23)22-18)10-6-4-8-19-12(10)13-11(17)7-5-9-20-13/h4-9H,18H2,1-3H3,(H,21,24)(H,22,23). The Hall–Kier alpha value is -3.00. The molecule has 8 nitrogen and oxygen atoms in total. The Bertz CT molecular complexity index is 799. The molecule has 0 spiro atoms. The Kier molecular flexibility index (Phi) is 3.92. The molecule has 0 saturated heterocycles. The molecule has 0 radical (unpaired) electrons. The van der Waals surface area contributed by atoms with Crippen molar-refractivity contribution in [3.05, 3.63) is 47.8 Å². The van der Waals surface area contributed by atoms with Crippen LogP contribution in [0, 0.1) is 0 Å². The molecular weight excluding hydrogens is 322 g/mol. The predicted octanol–water partition coefficient (Wildman–Crippen LogP) is 1.22. The van der Waals surface area contributed by atoms with E-state index in [2.05, 4.69) is 20.7 Å². The summed E-state index contributed by atoms with van der Waals surface area (Å²) in [4.78, 5) is 33.9. The third-order valence-corrected chi connectivity index (χ3v) is 3.81. The number of pyridine rings is 2. The van der Waals surface area contributed by atoms with Crippen LogP contribution in [0.25, 0.3) is 11.4 Å². The fourth-order valence-electron chi connectivity index (χ4n) is 2.94. The molecule has 1 aliphatic carbocycles. The van der Waals surface area contributed by atoms with Gasteiger partial charge in [-0.25, -0.2) is 10.6 Å². The highest BCUT2D eigenvalue weighted by atomic mass is 16.6. The molecule has 0 atom stereocenters. The monoisotopic (exact) mass is 341 g/mol. The molecule has 2 aromatic heterocycles. The number of nitrogens with one attached hydrogen (secondary N) is 2. The number of carbonyl (C=O) groups excluding carboxylic acids is 2. The fraction of sp³-hybridized carbons (Fsp3) is 0.294. The van der Waals surface area contributed by atoms with E-state index >= 15 is 0 Å². The quantitative estimate of drug-likeness (QED) is 0.429. The van der Waals surface area contributed by atoms with Crippen LogP contribution in [-0.4, -0.2) is 27.6 Å². The largest absolute Gasteiger partial charge is 0.444 e. The Morgan fingerprint density at radius 1 is 1.08 bits per heavy atom. The average Bonchev–Trinajstić information content (AvgIpc) is 2.84. The molecule has 4 N–H and O–H groups in total. The van der Waals surface area contributed by atoms with E-state index in [1.54, 1.807) is 57.4 Å². The van der Waals surface area contributed by atoms with Crippen LogP contribution in [0.2, 0.25) is 0 Å². The average molecular weight is 341 g/mol. The van der Waals surface area contributed by atoms with Crippen molar-refractivity contribution in [1.82, 2.24) is 20.7 Å². The van der Waals surface area contributed by atoms with E-state index in [-0.39, 0.29) is 0 Å². The van der Waals surface area contributed by atoms with Crippen molar-refractivity contribution in [3.63, 3.8) is 0 Å². The predicted molar refractivity (Wildman–Crippen MR) is 89.9 cm³/mol. The van der Waals surface area contributed by atoms with Crippen molar-refractivity contribution in [2.45, 2.75) is 31.9 Å². The van der Waals surface area contributed by atoms with Gasteiger partial charge in [0, 0.05) is 23.5 Å². The maximum atomic E-state index is 12.8. The number of carbonyl (C=O) groups is 2. The molecule has 2 aromatic rings. The van der Waals surface area contributed by atoms with Crippen LogP contribution in [0.1, 0.15) is 31.9 Å². The number of fused-ring (bicyclic) bond motifs is 3. The second-order valence-corrected chi connectivity index (χ2v) is 6.65. The molecule has 1 aliphatic rings. The van der Waals surface area contributed by atoms with E-state index < -0.39 is 23.1 Å². The van der Waals surface area contributed by atoms with E-state index in [0.29, 0.717) is 22.5 Å². The number of nitrogens with zero attached hydrogens (tertiary/aromatic N) is 2. The van der Waals surface area contributed by atoms with Crippen molar-refractivity contribution < 1.29 is 14.3 Å². The highest BCUT2D eigenvalue weighted by Gasteiger charge is 2.52. The molecule has 25 heavy (non-hydrogen) atoms. The van der Waals surface area contributed by atoms with Crippen LogP contribution in [0.3, 0.4) is 0 Å². The number of hydrazine groups is 1. The third-order valence-electron chi connectivity index (χ3n) is 3.81. The highest BCUT2D eigenvalue weighted by molar-refractivity contribution is 6.00. The molecule has 2 amide bonds. The molecule has 0 unspecified atom stereocenters. The van der Waals surface area contributed by atoms with Gasteiger partial charge in [-0.2, -0.15) is 0 Å². The van der Waals surface area contributed by atoms with Crippen LogP contribution < -0.4 is 16.6 Å². The van der Waals surface area contributed by atoms with Gasteiger partial charge in [-0.1, -0.05) is 12.1 Å². The first kappa shape index (κ1) is 16.8. The number of rotatable bonds is 2. The van der Waals surface area contributed by atoms with E-state index in [1.807, 2.05) is 0 Å². The number of amides is 2. The first-order valence-electron chi connectivity index (χ1n) is 7.73. The van der Waals surface area contributed by atoms with E-state index in [1.165, 1.54) is 0 Å². The molecule has 2 heterocycles. The zero-order valence-electron chi connectivity index (χ0n) is 14.2. The molecule has 0 fully saturated rings.